The highest BCUT2D eigenvalue weighted by Gasteiger charge is 2.25. The fraction of sp³-hybridized carbons (Fsp3) is 0.688. The van der Waals surface area contributed by atoms with E-state index in [4.69, 9.17) is 10.5 Å². The summed E-state index contributed by atoms with van der Waals surface area (Å²) < 4.78 is 5.41. The van der Waals surface area contributed by atoms with E-state index in [1.54, 1.807) is 16.2 Å². The summed E-state index contributed by atoms with van der Waals surface area (Å²) in [6, 6.07) is 1.94. The second kappa shape index (κ2) is 7.99. The Kier molecular flexibility index (Phi) is 6.26. The molecule has 0 radical (unpaired) electrons. The van der Waals surface area contributed by atoms with Crippen LogP contribution in [0.5, 0.6) is 0 Å². The van der Waals surface area contributed by atoms with E-state index in [9.17, 15) is 4.79 Å². The van der Waals surface area contributed by atoms with E-state index < -0.39 is 5.60 Å². The number of nitrogen functional groups attached to an aromatic ring is 1. The number of piperazine rings is 1. The van der Waals surface area contributed by atoms with Gasteiger partial charge in [-0.25, -0.2) is 4.79 Å². The first-order valence-electron chi connectivity index (χ1n) is 8.08. The van der Waals surface area contributed by atoms with Crippen molar-refractivity contribution < 1.29 is 9.53 Å². The zero-order valence-corrected chi connectivity index (χ0v) is 15.1. The lowest BCUT2D eigenvalue weighted by molar-refractivity contribution is 0.0146. The minimum absolute atomic E-state index is 0.205. The number of hydrogen-bond donors (Lipinski definition) is 2. The van der Waals surface area contributed by atoms with E-state index in [2.05, 4.69) is 10.2 Å². The number of nitrogens with one attached hydrogen (secondary N) is 1. The molecule has 0 spiro atoms. The standard InChI is InChI=1S/C16H28N4O2S/c1-16(2,3)22-15(21)20-9-7-19(8-10-20)6-5-18-12-14-13(17)4-11-23-14/h4,11,18H,5-10,12,17H2,1-3H3. The number of carbonyl (C=O) groups excluding carboxylic acids is 1. The van der Waals surface area contributed by atoms with Gasteiger partial charge in [0.25, 0.3) is 0 Å². The molecule has 0 aromatic carbocycles. The highest BCUT2D eigenvalue weighted by atomic mass is 32.1. The number of ether oxygens (including phenoxy) is 1. The molecule has 1 amide bonds. The summed E-state index contributed by atoms with van der Waals surface area (Å²) in [6.07, 6.45) is -0.205. The van der Waals surface area contributed by atoms with Crippen molar-refractivity contribution in [2.24, 2.45) is 0 Å². The van der Waals surface area contributed by atoms with Gasteiger partial charge >= 0.3 is 6.09 Å². The molecule has 23 heavy (non-hydrogen) atoms. The number of hydrogen-bond acceptors (Lipinski definition) is 6. The van der Waals surface area contributed by atoms with Crippen LogP contribution in [-0.4, -0.2) is 60.8 Å². The highest BCUT2D eigenvalue weighted by molar-refractivity contribution is 7.10. The number of anilines is 1. The first-order valence-corrected chi connectivity index (χ1v) is 8.96. The molecule has 1 aromatic rings. The third-order valence-electron chi connectivity index (χ3n) is 3.69. The van der Waals surface area contributed by atoms with E-state index >= 15 is 0 Å². The average Bonchev–Trinajstić information content (AvgIpc) is 2.88. The van der Waals surface area contributed by atoms with Crippen LogP contribution < -0.4 is 11.1 Å². The normalized spacial score (nSPS) is 16.6. The Bertz CT molecular complexity index is 504. The van der Waals surface area contributed by atoms with Crippen LogP contribution in [0, 0.1) is 0 Å². The van der Waals surface area contributed by atoms with Crippen molar-refractivity contribution >= 4 is 23.1 Å². The summed E-state index contributed by atoms with van der Waals surface area (Å²) in [4.78, 5) is 17.4. The van der Waals surface area contributed by atoms with Gasteiger partial charge in [0.1, 0.15) is 5.60 Å². The molecule has 0 bridgehead atoms. The summed E-state index contributed by atoms with van der Waals surface area (Å²) in [5.41, 5.74) is 6.30. The van der Waals surface area contributed by atoms with Crippen molar-refractivity contribution in [1.82, 2.24) is 15.1 Å². The van der Waals surface area contributed by atoms with Gasteiger partial charge in [-0.05, 0) is 32.2 Å². The third kappa shape index (κ3) is 6.01. The average molecular weight is 340 g/mol. The zero-order valence-electron chi connectivity index (χ0n) is 14.3. The summed E-state index contributed by atoms with van der Waals surface area (Å²) in [7, 11) is 0. The second-order valence-corrected chi connectivity index (χ2v) is 7.79. The fourth-order valence-corrected chi connectivity index (χ4v) is 3.18. The molecule has 0 saturated carbocycles. The highest BCUT2D eigenvalue weighted by Crippen LogP contribution is 2.18. The molecule has 1 aliphatic heterocycles. The van der Waals surface area contributed by atoms with Crippen molar-refractivity contribution in [2.45, 2.75) is 32.9 Å². The molecule has 130 valence electrons. The van der Waals surface area contributed by atoms with Crippen molar-refractivity contribution in [1.29, 1.82) is 0 Å². The van der Waals surface area contributed by atoms with Crippen LogP contribution in [0.1, 0.15) is 25.6 Å². The van der Waals surface area contributed by atoms with E-state index in [0.29, 0.717) is 0 Å². The SMILES string of the molecule is CC(C)(C)OC(=O)N1CCN(CCNCc2sccc2N)CC1. The van der Waals surface area contributed by atoms with Crippen molar-refractivity contribution in [3.63, 3.8) is 0 Å². The van der Waals surface area contributed by atoms with Crippen LogP contribution in [0.25, 0.3) is 0 Å². The zero-order chi connectivity index (χ0) is 16.9. The Hall–Kier alpha value is -1.31. The van der Waals surface area contributed by atoms with Crippen LogP contribution in [0.15, 0.2) is 11.4 Å². The van der Waals surface area contributed by atoms with Crippen molar-refractivity contribution in [3.8, 4) is 0 Å². The molecular formula is C16H28N4O2S. The summed E-state index contributed by atoms with van der Waals surface area (Å²) >= 11 is 1.68. The lowest BCUT2D eigenvalue weighted by atomic mass is 10.2. The molecule has 2 heterocycles. The Balaban J connectivity index is 1.61. The molecule has 2 rings (SSSR count). The minimum Gasteiger partial charge on any atom is -0.444 e. The van der Waals surface area contributed by atoms with Gasteiger partial charge in [0.2, 0.25) is 0 Å². The van der Waals surface area contributed by atoms with E-state index in [0.717, 1.165) is 51.5 Å². The first-order chi connectivity index (χ1) is 10.8. The maximum atomic E-state index is 12.0. The minimum atomic E-state index is -0.429. The molecule has 0 atom stereocenters. The predicted molar refractivity (Wildman–Crippen MR) is 94.7 cm³/mol. The largest absolute Gasteiger partial charge is 0.444 e. The molecule has 1 aliphatic rings. The molecule has 0 aliphatic carbocycles. The molecule has 1 saturated heterocycles. The predicted octanol–water partition coefficient (Wildman–Crippen LogP) is 1.97. The van der Waals surface area contributed by atoms with E-state index in [1.165, 1.54) is 4.88 Å². The number of rotatable bonds is 5. The van der Waals surface area contributed by atoms with Gasteiger partial charge < -0.3 is 20.7 Å². The van der Waals surface area contributed by atoms with Crippen LogP contribution in [0.3, 0.4) is 0 Å². The molecule has 6 nitrogen and oxygen atoms in total. The maximum absolute atomic E-state index is 12.0. The number of nitrogens with two attached hydrogens (primary N) is 1. The lowest BCUT2D eigenvalue weighted by Crippen LogP contribution is -2.51. The Morgan fingerprint density at radius 1 is 1.35 bits per heavy atom. The number of thiophene rings is 1. The molecule has 7 heteroatoms. The summed E-state index contributed by atoms with van der Waals surface area (Å²) in [6.45, 7) is 11.6. The molecule has 3 N–H and O–H groups in total. The summed E-state index contributed by atoms with van der Waals surface area (Å²) in [5, 5.41) is 5.44. The molecular weight excluding hydrogens is 312 g/mol. The van der Waals surface area contributed by atoms with Gasteiger partial charge in [-0.1, -0.05) is 0 Å². The van der Waals surface area contributed by atoms with Gasteiger partial charge in [0, 0.05) is 56.4 Å². The fourth-order valence-electron chi connectivity index (χ4n) is 2.41. The molecule has 1 fully saturated rings. The van der Waals surface area contributed by atoms with Gasteiger partial charge in [-0.2, -0.15) is 0 Å². The Morgan fingerprint density at radius 2 is 2.04 bits per heavy atom. The topological polar surface area (TPSA) is 70.8 Å². The second-order valence-electron chi connectivity index (χ2n) is 6.78. The number of nitrogens with zero attached hydrogens (tertiary/aromatic N) is 2. The Labute approximate surface area is 142 Å². The van der Waals surface area contributed by atoms with Gasteiger partial charge in [0.15, 0.2) is 0 Å². The lowest BCUT2D eigenvalue weighted by Gasteiger charge is -2.35. The van der Waals surface area contributed by atoms with Crippen molar-refractivity contribution in [2.75, 3.05) is 45.0 Å². The quantitative estimate of drug-likeness (QED) is 0.802. The van der Waals surface area contributed by atoms with Crippen LogP contribution >= 0.6 is 11.3 Å². The van der Waals surface area contributed by atoms with E-state index in [-0.39, 0.29) is 6.09 Å². The monoisotopic (exact) mass is 340 g/mol. The van der Waals surface area contributed by atoms with E-state index in [1.807, 2.05) is 32.2 Å². The van der Waals surface area contributed by atoms with Gasteiger partial charge in [0.05, 0.1) is 0 Å². The maximum Gasteiger partial charge on any atom is 0.410 e. The van der Waals surface area contributed by atoms with Gasteiger partial charge in [-0.3, -0.25) is 4.90 Å². The van der Waals surface area contributed by atoms with Crippen LogP contribution in [-0.2, 0) is 11.3 Å². The molecule has 0 unspecified atom stereocenters. The first kappa shape index (κ1) is 18.0. The summed E-state index contributed by atoms with van der Waals surface area (Å²) in [5.74, 6) is 0. The number of carbonyl (C=O) groups is 1. The van der Waals surface area contributed by atoms with Crippen LogP contribution in [0.4, 0.5) is 10.5 Å². The Morgan fingerprint density at radius 3 is 2.61 bits per heavy atom. The number of amides is 1. The van der Waals surface area contributed by atoms with Crippen molar-refractivity contribution in [3.05, 3.63) is 16.3 Å². The molecule has 1 aromatic heterocycles. The smallest absolute Gasteiger partial charge is 0.410 e. The van der Waals surface area contributed by atoms with Gasteiger partial charge in [-0.15, -0.1) is 11.3 Å². The third-order valence-corrected chi connectivity index (χ3v) is 4.63. The van der Waals surface area contributed by atoms with Crippen LogP contribution in [0.2, 0.25) is 0 Å².